The zero-order valence-electron chi connectivity index (χ0n) is 17.6. The standard InChI is InChI=1S/C21H27N3O3S.CH2O2/c1-20(23-18(25)17-14-28-15-22-17)9-12-27-21(19(20)26)7-10-24(11-8-21)13-16-5-3-2-4-6-16;2-1-3/h2-6,14-15,19,26H,7-13H2,1H3,(H,23,25);1H,(H,2,3)/t19-,20+;/m1./s1. The predicted molar refractivity (Wildman–Crippen MR) is 117 cm³/mol. The van der Waals surface area contributed by atoms with Crippen molar-refractivity contribution in [3.05, 3.63) is 52.5 Å². The minimum absolute atomic E-state index is 0.235. The van der Waals surface area contributed by atoms with Gasteiger partial charge in [0.15, 0.2) is 0 Å². The summed E-state index contributed by atoms with van der Waals surface area (Å²) in [5, 5.41) is 22.9. The number of nitrogens with one attached hydrogen (secondary N) is 1. The summed E-state index contributed by atoms with van der Waals surface area (Å²) in [6.45, 7) is 4.83. The number of nitrogens with zero attached hydrogens (tertiary/aromatic N) is 2. The topological polar surface area (TPSA) is 112 Å². The molecule has 9 heteroatoms. The molecule has 1 amide bonds. The van der Waals surface area contributed by atoms with Gasteiger partial charge in [-0.05, 0) is 31.7 Å². The summed E-state index contributed by atoms with van der Waals surface area (Å²) in [6, 6.07) is 10.4. The SMILES string of the molecule is C[C@]1(NC(=O)c2cscn2)CCOC2(CCN(Cc3ccccc3)CC2)[C@@H]1O.O=CO. The van der Waals surface area contributed by atoms with Crippen molar-refractivity contribution >= 4 is 23.7 Å². The molecule has 2 aliphatic heterocycles. The van der Waals surface area contributed by atoms with Gasteiger partial charge in [0.25, 0.3) is 12.4 Å². The average Bonchev–Trinajstić information content (AvgIpc) is 3.30. The van der Waals surface area contributed by atoms with Gasteiger partial charge >= 0.3 is 0 Å². The smallest absolute Gasteiger partial charge is 0.290 e. The third kappa shape index (κ3) is 5.48. The van der Waals surface area contributed by atoms with Crippen molar-refractivity contribution in [3.8, 4) is 0 Å². The lowest BCUT2D eigenvalue weighted by Crippen LogP contribution is -2.69. The summed E-state index contributed by atoms with van der Waals surface area (Å²) in [4.78, 5) is 27.4. The number of carbonyl (C=O) groups is 2. The van der Waals surface area contributed by atoms with Gasteiger partial charge in [0.2, 0.25) is 0 Å². The van der Waals surface area contributed by atoms with Crippen LogP contribution in [0.2, 0.25) is 0 Å². The van der Waals surface area contributed by atoms with Gasteiger partial charge in [-0.25, -0.2) is 4.98 Å². The van der Waals surface area contributed by atoms with Crippen LogP contribution in [-0.4, -0.2) is 69.4 Å². The summed E-state index contributed by atoms with van der Waals surface area (Å²) in [7, 11) is 0. The number of carboxylic acid groups (broad SMARTS) is 1. The highest BCUT2D eigenvalue weighted by molar-refractivity contribution is 7.07. The molecule has 0 radical (unpaired) electrons. The van der Waals surface area contributed by atoms with Crippen LogP contribution in [-0.2, 0) is 16.1 Å². The second-order valence-corrected chi connectivity index (χ2v) is 8.90. The zero-order valence-corrected chi connectivity index (χ0v) is 18.4. The lowest BCUT2D eigenvalue weighted by atomic mass is 9.73. The van der Waals surface area contributed by atoms with E-state index in [-0.39, 0.29) is 12.4 Å². The van der Waals surface area contributed by atoms with Gasteiger partial charge in [-0.1, -0.05) is 30.3 Å². The number of aromatic nitrogens is 1. The largest absolute Gasteiger partial charge is 0.483 e. The molecule has 2 atom stereocenters. The monoisotopic (exact) mass is 447 g/mol. The quantitative estimate of drug-likeness (QED) is 0.616. The molecule has 1 aromatic heterocycles. The van der Waals surface area contributed by atoms with Crippen molar-refractivity contribution in [1.29, 1.82) is 0 Å². The molecular weight excluding hydrogens is 418 g/mol. The van der Waals surface area contributed by atoms with E-state index in [1.165, 1.54) is 16.9 Å². The number of carbonyl (C=O) groups excluding carboxylic acids is 1. The van der Waals surface area contributed by atoms with Crippen LogP contribution < -0.4 is 5.32 Å². The van der Waals surface area contributed by atoms with Gasteiger partial charge in [0, 0.05) is 31.6 Å². The second kappa shape index (κ2) is 10.3. The number of piperidine rings is 1. The molecule has 2 aromatic rings. The van der Waals surface area contributed by atoms with E-state index < -0.39 is 17.2 Å². The van der Waals surface area contributed by atoms with E-state index in [9.17, 15) is 9.90 Å². The molecule has 2 saturated heterocycles. The minimum Gasteiger partial charge on any atom is -0.483 e. The summed E-state index contributed by atoms with van der Waals surface area (Å²) >= 11 is 1.39. The number of rotatable bonds is 4. The molecule has 0 aliphatic carbocycles. The number of thiazole rings is 1. The molecule has 1 aromatic carbocycles. The van der Waals surface area contributed by atoms with Crippen molar-refractivity contribution in [2.75, 3.05) is 19.7 Å². The highest BCUT2D eigenvalue weighted by Gasteiger charge is 2.53. The number of hydrogen-bond donors (Lipinski definition) is 3. The van der Waals surface area contributed by atoms with Crippen molar-refractivity contribution < 1.29 is 24.5 Å². The number of hydrogen-bond acceptors (Lipinski definition) is 7. The summed E-state index contributed by atoms with van der Waals surface area (Å²) < 4.78 is 6.14. The van der Waals surface area contributed by atoms with E-state index in [0.717, 1.165) is 32.5 Å². The number of aliphatic hydroxyl groups is 1. The third-order valence-electron chi connectivity index (χ3n) is 6.13. The number of benzene rings is 1. The minimum atomic E-state index is -0.754. The van der Waals surface area contributed by atoms with Crippen LogP contribution in [0, 0.1) is 0 Å². The Labute approximate surface area is 185 Å². The molecule has 168 valence electrons. The zero-order chi connectivity index (χ0) is 22.3. The second-order valence-electron chi connectivity index (χ2n) is 8.18. The molecule has 2 fully saturated rings. The van der Waals surface area contributed by atoms with Crippen molar-refractivity contribution in [2.45, 2.75) is 50.0 Å². The van der Waals surface area contributed by atoms with E-state index in [0.29, 0.717) is 18.7 Å². The first-order chi connectivity index (χ1) is 14.9. The van der Waals surface area contributed by atoms with Crippen LogP contribution in [0.3, 0.4) is 0 Å². The highest BCUT2D eigenvalue weighted by atomic mass is 32.1. The summed E-state index contributed by atoms with van der Waals surface area (Å²) in [5.74, 6) is -0.235. The summed E-state index contributed by atoms with van der Waals surface area (Å²) in [5.41, 5.74) is 2.01. The Morgan fingerprint density at radius 2 is 2.00 bits per heavy atom. The highest BCUT2D eigenvalue weighted by Crippen LogP contribution is 2.40. The van der Waals surface area contributed by atoms with E-state index in [1.807, 2.05) is 13.0 Å². The maximum absolute atomic E-state index is 12.5. The molecule has 0 unspecified atom stereocenters. The molecule has 31 heavy (non-hydrogen) atoms. The third-order valence-corrected chi connectivity index (χ3v) is 6.71. The number of ether oxygens (including phenoxy) is 1. The van der Waals surface area contributed by atoms with Crippen LogP contribution in [0.15, 0.2) is 41.2 Å². The van der Waals surface area contributed by atoms with Crippen LogP contribution in [0.5, 0.6) is 0 Å². The Bertz CT molecular complexity index is 840. The van der Waals surface area contributed by atoms with Gasteiger partial charge in [0.1, 0.15) is 11.8 Å². The van der Waals surface area contributed by atoms with Crippen LogP contribution in [0.4, 0.5) is 0 Å². The van der Waals surface area contributed by atoms with E-state index in [2.05, 4.69) is 39.5 Å². The van der Waals surface area contributed by atoms with Crippen molar-refractivity contribution in [2.24, 2.45) is 0 Å². The first kappa shape index (κ1) is 23.3. The Morgan fingerprint density at radius 3 is 2.61 bits per heavy atom. The van der Waals surface area contributed by atoms with Crippen LogP contribution >= 0.6 is 11.3 Å². The average molecular weight is 448 g/mol. The van der Waals surface area contributed by atoms with Crippen molar-refractivity contribution in [1.82, 2.24) is 15.2 Å². The maximum Gasteiger partial charge on any atom is 0.290 e. The maximum atomic E-state index is 12.5. The van der Waals surface area contributed by atoms with Gasteiger partial charge < -0.3 is 20.3 Å². The first-order valence-corrected chi connectivity index (χ1v) is 11.2. The fraction of sp³-hybridized carbons (Fsp3) is 0.500. The summed E-state index contributed by atoms with van der Waals surface area (Å²) in [6.07, 6.45) is 1.33. The Kier molecular flexibility index (Phi) is 7.77. The van der Waals surface area contributed by atoms with Crippen LogP contribution in [0.25, 0.3) is 0 Å². The number of aliphatic hydroxyl groups excluding tert-OH is 1. The molecule has 3 N–H and O–H groups in total. The van der Waals surface area contributed by atoms with Crippen molar-refractivity contribution in [3.63, 3.8) is 0 Å². The molecule has 1 spiro atoms. The van der Waals surface area contributed by atoms with E-state index in [1.54, 1.807) is 10.9 Å². The molecule has 0 bridgehead atoms. The van der Waals surface area contributed by atoms with Crippen LogP contribution in [0.1, 0.15) is 42.2 Å². The normalized spacial score (nSPS) is 25.3. The molecule has 0 saturated carbocycles. The lowest BCUT2D eigenvalue weighted by molar-refractivity contribution is -0.205. The molecule has 8 nitrogen and oxygen atoms in total. The molecular formula is C22H29N3O5S. The van der Waals surface area contributed by atoms with Gasteiger partial charge in [-0.15, -0.1) is 11.3 Å². The van der Waals surface area contributed by atoms with Gasteiger partial charge in [0.05, 0.1) is 16.7 Å². The number of amides is 1. The molecule has 4 rings (SSSR count). The van der Waals surface area contributed by atoms with Gasteiger partial charge in [-0.2, -0.15) is 0 Å². The molecule has 2 aliphatic rings. The Morgan fingerprint density at radius 1 is 1.32 bits per heavy atom. The first-order valence-electron chi connectivity index (χ1n) is 10.3. The van der Waals surface area contributed by atoms with E-state index in [4.69, 9.17) is 14.6 Å². The number of likely N-dealkylation sites (tertiary alicyclic amines) is 1. The fourth-order valence-electron chi connectivity index (χ4n) is 4.39. The Balaban J connectivity index is 0.000000858. The van der Waals surface area contributed by atoms with Gasteiger partial charge in [-0.3, -0.25) is 14.5 Å². The lowest BCUT2D eigenvalue weighted by Gasteiger charge is -2.53. The predicted octanol–water partition coefficient (Wildman–Crippen LogP) is 2.15. The Hall–Kier alpha value is -2.33. The van der Waals surface area contributed by atoms with E-state index >= 15 is 0 Å². The molecule has 3 heterocycles. The fourth-order valence-corrected chi connectivity index (χ4v) is 4.92.